The summed E-state index contributed by atoms with van der Waals surface area (Å²) in [5.74, 6) is 0.0747. The summed E-state index contributed by atoms with van der Waals surface area (Å²) in [6.07, 6.45) is 5.98. The van der Waals surface area contributed by atoms with Crippen LogP contribution in [0.2, 0.25) is 0 Å². The Hall–Kier alpha value is -2.31. The lowest BCUT2D eigenvalue weighted by Gasteiger charge is -2.41. The third kappa shape index (κ3) is 6.34. The van der Waals surface area contributed by atoms with Crippen LogP contribution in [-0.4, -0.2) is 59.2 Å². The fourth-order valence-corrected chi connectivity index (χ4v) is 4.12. The van der Waals surface area contributed by atoms with Crippen molar-refractivity contribution in [3.05, 3.63) is 24.2 Å². The molecule has 2 rings (SSSR count). The molecule has 0 radical (unpaired) electrons. The molecule has 2 heterocycles. The summed E-state index contributed by atoms with van der Waals surface area (Å²) in [4.78, 5) is 42.5. The summed E-state index contributed by atoms with van der Waals surface area (Å²) < 4.78 is 5.24. The first-order valence-corrected chi connectivity index (χ1v) is 11.8. The molecule has 1 aromatic rings. The van der Waals surface area contributed by atoms with Crippen molar-refractivity contribution in [3.8, 4) is 0 Å². The minimum absolute atomic E-state index is 0.0192. The molecule has 1 aliphatic rings. The minimum Gasteiger partial charge on any atom is -0.459 e. The molecule has 7 heteroatoms. The van der Waals surface area contributed by atoms with Crippen molar-refractivity contribution < 1.29 is 18.8 Å². The highest BCUT2D eigenvalue weighted by Crippen LogP contribution is 2.19. The molecular weight excluding hydrogens is 394 g/mol. The van der Waals surface area contributed by atoms with E-state index in [0.717, 1.165) is 32.1 Å². The van der Waals surface area contributed by atoms with Gasteiger partial charge in [-0.15, -0.1) is 0 Å². The normalized spacial score (nSPS) is 19.6. The van der Waals surface area contributed by atoms with Crippen molar-refractivity contribution in [1.82, 2.24) is 15.1 Å². The van der Waals surface area contributed by atoms with E-state index in [9.17, 15) is 14.4 Å². The molecule has 7 nitrogen and oxygen atoms in total. The van der Waals surface area contributed by atoms with Crippen LogP contribution in [0.25, 0.3) is 0 Å². The van der Waals surface area contributed by atoms with Gasteiger partial charge in [0.15, 0.2) is 5.76 Å². The molecule has 1 saturated heterocycles. The van der Waals surface area contributed by atoms with Crippen molar-refractivity contribution in [2.24, 2.45) is 11.8 Å². The van der Waals surface area contributed by atoms with Crippen LogP contribution in [0.1, 0.15) is 77.3 Å². The average molecular weight is 434 g/mol. The van der Waals surface area contributed by atoms with Gasteiger partial charge in [-0.05, 0) is 37.8 Å². The van der Waals surface area contributed by atoms with Gasteiger partial charge >= 0.3 is 0 Å². The van der Waals surface area contributed by atoms with Gasteiger partial charge in [-0.2, -0.15) is 0 Å². The van der Waals surface area contributed by atoms with E-state index < -0.39 is 6.04 Å². The fraction of sp³-hybridized carbons (Fsp3) is 0.708. The van der Waals surface area contributed by atoms with E-state index in [1.54, 1.807) is 21.9 Å². The van der Waals surface area contributed by atoms with Gasteiger partial charge in [0.2, 0.25) is 11.8 Å². The summed E-state index contributed by atoms with van der Waals surface area (Å²) >= 11 is 0. The van der Waals surface area contributed by atoms with Crippen molar-refractivity contribution in [2.45, 2.75) is 78.8 Å². The number of amides is 3. The second kappa shape index (κ2) is 11.9. The Morgan fingerprint density at radius 2 is 1.94 bits per heavy atom. The number of nitrogens with zero attached hydrogens (tertiary/aromatic N) is 2. The van der Waals surface area contributed by atoms with Gasteiger partial charge in [-0.25, -0.2) is 0 Å². The highest BCUT2D eigenvalue weighted by Gasteiger charge is 2.36. The van der Waals surface area contributed by atoms with Crippen molar-refractivity contribution in [1.29, 1.82) is 0 Å². The SMILES string of the molecule is CCCCC(CC)C(=O)NC(C(=O)N1CCN(C(=O)c2ccco2)C(C)C1)C(C)CC. The zero-order chi connectivity index (χ0) is 23.0. The lowest BCUT2D eigenvalue weighted by molar-refractivity contribution is -0.141. The number of rotatable bonds is 10. The molecule has 0 saturated carbocycles. The number of furan rings is 1. The zero-order valence-corrected chi connectivity index (χ0v) is 19.7. The molecule has 31 heavy (non-hydrogen) atoms. The molecule has 1 fully saturated rings. The molecule has 1 aliphatic heterocycles. The first-order chi connectivity index (χ1) is 14.8. The van der Waals surface area contributed by atoms with Crippen LogP contribution < -0.4 is 5.32 Å². The van der Waals surface area contributed by atoms with E-state index in [0.29, 0.717) is 25.4 Å². The number of nitrogens with one attached hydrogen (secondary N) is 1. The average Bonchev–Trinajstić information content (AvgIpc) is 3.31. The lowest BCUT2D eigenvalue weighted by atomic mass is 9.94. The Labute approximate surface area is 186 Å². The molecule has 0 bridgehead atoms. The quantitative estimate of drug-likeness (QED) is 0.610. The lowest BCUT2D eigenvalue weighted by Crippen LogP contribution is -2.60. The van der Waals surface area contributed by atoms with Crippen LogP contribution in [0.15, 0.2) is 22.8 Å². The number of piperazine rings is 1. The predicted molar refractivity (Wildman–Crippen MR) is 120 cm³/mol. The van der Waals surface area contributed by atoms with Crippen LogP contribution in [0.4, 0.5) is 0 Å². The number of hydrogen-bond acceptors (Lipinski definition) is 4. The molecule has 4 atom stereocenters. The Morgan fingerprint density at radius 3 is 2.48 bits per heavy atom. The number of carbonyl (C=O) groups excluding carboxylic acids is 3. The van der Waals surface area contributed by atoms with Crippen molar-refractivity contribution in [3.63, 3.8) is 0 Å². The van der Waals surface area contributed by atoms with Gasteiger partial charge < -0.3 is 19.5 Å². The molecule has 0 spiro atoms. The summed E-state index contributed by atoms with van der Waals surface area (Å²) in [5.41, 5.74) is 0. The maximum atomic E-state index is 13.4. The Bertz CT molecular complexity index is 718. The smallest absolute Gasteiger partial charge is 0.289 e. The van der Waals surface area contributed by atoms with E-state index in [-0.39, 0.29) is 35.6 Å². The van der Waals surface area contributed by atoms with Gasteiger partial charge in [0, 0.05) is 31.6 Å². The molecular formula is C24H39N3O4. The topological polar surface area (TPSA) is 82.9 Å². The molecule has 4 unspecified atom stereocenters. The summed E-state index contributed by atoms with van der Waals surface area (Å²) in [7, 11) is 0. The summed E-state index contributed by atoms with van der Waals surface area (Å²) in [6.45, 7) is 11.5. The molecule has 174 valence electrons. The van der Waals surface area contributed by atoms with Gasteiger partial charge in [0.1, 0.15) is 6.04 Å². The third-order valence-electron chi connectivity index (χ3n) is 6.48. The molecule has 3 amide bonds. The van der Waals surface area contributed by atoms with E-state index in [2.05, 4.69) is 12.2 Å². The van der Waals surface area contributed by atoms with Crippen molar-refractivity contribution >= 4 is 17.7 Å². The van der Waals surface area contributed by atoms with Crippen LogP contribution in [-0.2, 0) is 9.59 Å². The number of hydrogen-bond donors (Lipinski definition) is 1. The van der Waals surface area contributed by atoms with E-state index >= 15 is 0 Å². The third-order valence-corrected chi connectivity index (χ3v) is 6.48. The zero-order valence-electron chi connectivity index (χ0n) is 19.7. The Morgan fingerprint density at radius 1 is 1.19 bits per heavy atom. The highest BCUT2D eigenvalue weighted by molar-refractivity contribution is 5.92. The van der Waals surface area contributed by atoms with Gasteiger partial charge in [-0.3, -0.25) is 14.4 Å². The fourth-order valence-electron chi connectivity index (χ4n) is 4.12. The van der Waals surface area contributed by atoms with Gasteiger partial charge in [-0.1, -0.05) is 47.0 Å². The first kappa shape index (κ1) is 25.0. The van der Waals surface area contributed by atoms with Crippen LogP contribution in [0, 0.1) is 11.8 Å². The molecule has 0 aliphatic carbocycles. The highest BCUT2D eigenvalue weighted by atomic mass is 16.3. The van der Waals surface area contributed by atoms with Crippen LogP contribution >= 0.6 is 0 Å². The van der Waals surface area contributed by atoms with Crippen LogP contribution in [0.5, 0.6) is 0 Å². The second-order valence-corrected chi connectivity index (χ2v) is 8.73. The Kier molecular flexibility index (Phi) is 9.59. The standard InChI is InChI=1S/C24H39N3O4/c1-6-9-11-19(8-3)22(28)25-21(17(4)7-2)24(30)26-13-14-27(18(5)16-26)23(29)20-12-10-15-31-20/h10,12,15,17-19,21H,6-9,11,13-14,16H2,1-5H3,(H,25,28). The Balaban J connectivity index is 2.05. The molecule has 1 N–H and O–H groups in total. The monoisotopic (exact) mass is 433 g/mol. The van der Waals surface area contributed by atoms with Gasteiger partial charge in [0.05, 0.1) is 6.26 Å². The maximum Gasteiger partial charge on any atom is 0.289 e. The maximum absolute atomic E-state index is 13.4. The molecule has 0 aromatic carbocycles. The summed E-state index contributed by atoms with van der Waals surface area (Å²) in [5, 5.41) is 3.07. The minimum atomic E-state index is -0.535. The largest absolute Gasteiger partial charge is 0.459 e. The number of unbranched alkanes of at least 4 members (excludes halogenated alkanes) is 1. The van der Waals surface area contributed by atoms with Crippen LogP contribution in [0.3, 0.4) is 0 Å². The molecule has 1 aromatic heterocycles. The number of carbonyl (C=O) groups is 3. The second-order valence-electron chi connectivity index (χ2n) is 8.73. The summed E-state index contributed by atoms with van der Waals surface area (Å²) in [6, 6.07) is 2.69. The van der Waals surface area contributed by atoms with E-state index in [1.165, 1.54) is 6.26 Å². The predicted octanol–water partition coefficient (Wildman–Crippen LogP) is 3.70. The van der Waals surface area contributed by atoms with E-state index in [4.69, 9.17) is 4.42 Å². The first-order valence-electron chi connectivity index (χ1n) is 11.8. The van der Waals surface area contributed by atoms with Crippen molar-refractivity contribution in [2.75, 3.05) is 19.6 Å². The van der Waals surface area contributed by atoms with E-state index in [1.807, 2.05) is 27.7 Å². The van der Waals surface area contributed by atoms with Gasteiger partial charge in [0.25, 0.3) is 5.91 Å².